The molecule has 3 rings (SSSR count). The van der Waals surface area contributed by atoms with Crippen molar-refractivity contribution in [1.29, 1.82) is 0 Å². The third-order valence-corrected chi connectivity index (χ3v) is 4.68. The van der Waals surface area contributed by atoms with Gasteiger partial charge in [0.2, 0.25) is 0 Å². The van der Waals surface area contributed by atoms with E-state index in [0.29, 0.717) is 19.1 Å². The lowest BCUT2D eigenvalue weighted by atomic mass is 10.2. The van der Waals surface area contributed by atoms with Crippen LogP contribution in [0.3, 0.4) is 0 Å². The summed E-state index contributed by atoms with van der Waals surface area (Å²) >= 11 is 1.69. The maximum Gasteiger partial charge on any atom is 0.140 e. The highest BCUT2D eigenvalue weighted by molar-refractivity contribution is 7.11. The molecule has 0 atom stereocenters. The zero-order chi connectivity index (χ0) is 13.9. The molecule has 1 aliphatic carbocycles. The number of ether oxygens (including phenoxy) is 1. The molecule has 0 bridgehead atoms. The van der Waals surface area contributed by atoms with Gasteiger partial charge in [-0.15, -0.1) is 11.3 Å². The maximum absolute atomic E-state index is 5.81. The van der Waals surface area contributed by atoms with Crippen molar-refractivity contribution in [2.24, 2.45) is 5.73 Å². The van der Waals surface area contributed by atoms with Gasteiger partial charge in [0.1, 0.15) is 17.4 Å². The predicted octanol–water partition coefficient (Wildman–Crippen LogP) is 3.62. The smallest absolute Gasteiger partial charge is 0.140 e. The molecule has 0 unspecified atom stereocenters. The molecule has 0 saturated heterocycles. The molecule has 0 spiro atoms. The normalized spacial score (nSPS) is 14.5. The van der Waals surface area contributed by atoms with E-state index in [1.54, 1.807) is 11.3 Å². The molecular weight excluding hydrogens is 268 g/mol. The van der Waals surface area contributed by atoms with Gasteiger partial charge in [-0.2, -0.15) is 0 Å². The van der Waals surface area contributed by atoms with Crippen molar-refractivity contribution < 1.29 is 4.74 Å². The Kier molecular flexibility index (Phi) is 4.03. The second-order valence-electron chi connectivity index (χ2n) is 5.18. The molecule has 1 fully saturated rings. The molecule has 4 heteroatoms. The van der Waals surface area contributed by atoms with Crippen LogP contribution in [0.25, 0.3) is 0 Å². The molecule has 1 aromatic heterocycles. The summed E-state index contributed by atoms with van der Waals surface area (Å²) in [7, 11) is 0. The number of aromatic nitrogens is 1. The van der Waals surface area contributed by atoms with E-state index in [2.05, 4.69) is 19.1 Å². The molecule has 0 radical (unpaired) electrons. The van der Waals surface area contributed by atoms with Gasteiger partial charge in [0.15, 0.2) is 0 Å². The van der Waals surface area contributed by atoms with Crippen molar-refractivity contribution in [2.45, 2.75) is 45.3 Å². The number of thiazole rings is 1. The van der Waals surface area contributed by atoms with Gasteiger partial charge in [0.05, 0.1) is 5.69 Å². The first kappa shape index (κ1) is 13.6. The Balaban J connectivity index is 1.65. The first-order chi connectivity index (χ1) is 9.80. The van der Waals surface area contributed by atoms with E-state index in [1.165, 1.54) is 29.0 Å². The van der Waals surface area contributed by atoms with Crippen LogP contribution in [0.4, 0.5) is 0 Å². The molecule has 2 N–H and O–H groups in total. The van der Waals surface area contributed by atoms with Gasteiger partial charge in [0, 0.05) is 17.3 Å². The summed E-state index contributed by atoms with van der Waals surface area (Å²) in [5, 5.41) is 1.03. The zero-order valence-corrected chi connectivity index (χ0v) is 12.6. The van der Waals surface area contributed by atoms with Crippen LogP contribution in [0.2, 0.25) is 0 Å². The zero-order valence-electron chi connectivity index (χ0n) is 11.8. The second kappa shape index (κ2) is 5.94. The quantitative estimate of drug-likeness (QED) is 0.883. The van der Waals surface area contributed by atoms with Gasteiger partial charge in [-0.05, 0) is 37.0 Å². The van der Waals surface area contributed by atoms with Crippen LogP contribution < -0.4 is 10.5 Å². The molecule has 20 heavy (non-hydrogen) atoms. The van der Waals surface area contributed by atoms with Crippen LogP contribution in [0.15, 0.2) is 24.3 Å². The Hall–Kier alpha value is -1.39. The number of nitrogens with two attached hydrogens (primary N) is 1. The Morgan fingerprint density at radius 2 is 2.05 bits per heavy atom. The van der Waals surface area contributed by atoms with Gasteiger partial charge in [0.25, 0.3) is 0 Å². The molecule has 106 valence electrons. The lowest BCUT2D eigenvalue weighted by Crippen LogP contribution is -1.97. The highest BCUT2D eigenvalue weighted by atomic mass is 32.1. The van der Waals surface area contributed by atoms with Crippen LogP contribution in [0, 0.1) is 0 Å². The highest BCUT2D eigenvalue weighted by Crippen LogP contribution is 2.42. The van der Waals surface area contributed by atoms with Crippen LogP contribution in [0.5, 0.6) is 5.75 Å². The SMILES string of the molecule is CCc1ccc(OCc2nc(C3CC3)c(CN)s2)cc1. The first-order valence-corrected chi connectivity index (χ1v) is 8.02. The fraction of sp³-hybridized carbons (Fsp3) is 0.438. The Labute approximate surface area is 123 Å². The summed E-state index contributed by atoms with van der Waals surface area (Å²) < 4.78 is 5.81. The van der Waals surface area contributed by atoms with Gasteiger partial charge >= 0.3 is 0 Å². The van der Waals surface area contributed by atoms with Crippen LogP contribution >= 0.6 is 11.3 Å². The van der Waals surface area contributed by atoms with Gasteiger partial charge in [-0.25, -0.2) is 4.98 Å². The summed E-state index contributed by atoms with van der Waals surface area (Å²) in [4.78, 5) is 5.93. The summed E-state index contributed by atoms with van der Waals surface area (Å²) in [6.45, 7) is 3.28. The summed E-state index contributed by atoms with van der Waals surface area (Å²) in [6.07, 6.45) is 3.57. The maximum atomic E-state index is 5.81. The summed E-state index contributed by atoms with van der Waals surface area (Å²) in [5.41, 5.74) is 8.35. The standard InChI is InChI=1S/C16H20N2OS/c1-2-11-3-7-13(8-4-11)19-10-15-18-16(12-5-6-12)14(9-17)20-15/h3-4,7-8,12H,2,5-6,9-10,17H2,1H3. The molecule has 1 aliphatic rings. The largest absolute Gasteiger partial charge is 0.486 e. The topological polar surface area (TPSA) is 48.1 Å². The lowest BCUT2D eigenvalue weighted by molar-refractivity contribution is 0.305. The fourth-order valence-corrected chi connectivity index (χ4v) is 3.21. The fourth-order valence-electron chi connectivity index (χ4n) is 2.26. The number of hydrogen-bond acceptors (Lipinski definition) is 4. The van der Waals surface area contributed by atoms with E-state index in [9.17, 15) is 0 Å². The second-order valence-corrected chi connectivity index (χ2v) is 6.35. The van der Waals surface area contributed by atoms with E-state index >= 15 is 0 Å². The predicted molar refractivity (Wildman–Crippen MR) is 82.1 cm³/mol. The number of nitrogens with zero attached hydrogens (tertiary/aromatic N) is 1. The Bertz CT molecular complexity index is 573. The van der Waals surface area contributed by atoms with E-state index in [-0.39, 0.29) is 0 Å². The molecule has 1 aromatic carbocycles. The van der Waals surface area contributed by atoms with Crippen molar-refractivity contribution >= 4 is 11.3 Å². The van der Waals surface area contributed by atoms with E-state index in [0.717, 1.165) is 17.2 Å². The molecule has 0 aliphatic heterocycles. The van der Waals surface area contributed by atoms with Crippen molar-refractivity contribution in [3.63, 3.8) is 0 Å². The molecule has 1 heterocycles. The van der Waals surface area contributed by atoms with E-state index in [4.69, 9.17) is 15.5 Å². The monoisotopic (exact) mass is 288 g/mol. The summed E-state index contributed by atoms with van der Waals surface area (Å²) in [6, 6.07) is 8.27. The van der Waals surface area contributed by atoms with Crippen LogP contribution in [-0.4, -0.2) is 4.98 Å². The van der Waals surface area contributed by atoms with Crippen LogP contribution in [-0.2, 0) is 19.6 Å². The van der Waals surface area contributed by atoms with Gasteiger partial charge < -0.3 is 10.5 Å². The average molecular weight is 288 g/mol. The molecule has 3 nitrogen and oxygen atoms in total. The minimum atomic E-state index is 0.538. The lowest BCUT2D eigenvalue weighted by Gasteiger charge is -2.04. The molecular formula is C16H20N2OS. The van der Waals surface area contributed by atoms with Crippen molar-refractivity contribution in [2.75, 3.05) is 0 Å². The Morgan fingerprint density at radius 3 is 2.65 bits per heavy atom. The first-order valence-electron chi connectivity index (χ1n) is 7.20. The number of aryl methyl sites for hydroxylation is 1. The third-order valence-electron chi connectivity index (χ3n) is 3.62. The summed E-state index contributed by atoms with van der Waals surface area (Å²) in [5.74, 6) is 1.56. The minimum Gasteiger partial charge on any atom is -0.486 e. The number of rotatable bonds is 6. The Morgan fingerprint density at radius 1 is 1.30 bits per heavy atom. The van der Waals surface area contributed by atoms with Crippen LogP contribution in [0.1, 0.15) is 46.8 Å². The van der Waals surface area contributed by atoms with Crippen molar-refractivity contribution in [3.05, 3.63) is 45.4 Å². The third kappa shape index (κ3) is 3.02. The molecule has 1 saturated carbocycles. The van der Waals surface area contributed by atoms with E-state index in [1.807, 2.05) is 12.1 Å². The van der Waals surface area contributed by atoms with Crippen molar-refractivity contribution in [3.8, 4) is 5.75 Å². The highest BCUT2D eigenvalue weighted by Gasteiger charge is 2.29. The van der Waals surface area contributed by atoms with Gasteiger partial charge in [-0.3, -0.25) is 0 Å². The molecule has 0 amide bonds. The number of hydrogen-bond donors (Lipinski definition) is 1. The van der Waals surface area contributed by atoms with E-state index < -0.39 is 0 Å². The van der Waals surface area contributed by atoms with Crippen molar-refractivity contribution in [1.82, 2.24) is 4.98 Å². The minimum absolute atomic E-state index is 0.538. The average Bonchev–Trinajstić information content (AvgIpc) is 3.26. The van der Waals surface area contributed by atoms with Gasteiger partial charge in [-0.1, -0.05) is 19.1 Å². The molecule has 2 aromatic rings. The number of benzene rings is 1.